The minimum absolute atomic E-state index is 0.197. The van der Waals surface area contributed by atoms with E-state index in [1.165, 1.54) is 0 Å². The van der Waals surface area contributed by atoms with Gasteiger partial charge in [-0.1, -0.05) is 0 Å². The fraction of sp³-hybridized carbons (Fsp3) is 0.200. The van der Waals surface area contributed by atoms with E-state index in [1.54, 1.807) is 0 Å². The molecule has 1 aromatic carbocycles. The van der Waals surface area contributed by atoms with Gasteiger partial charge in [0.05, 0.1) is 6.42 Å². The average molecular weight is 245 g/mol. The topological polar surface area (TPSA) is 86.6 Å². The minimum Gasteiger partial charge on any atom is -0.481 e. The molecule has 0 saturated heterocycles. The third-order valence-corrected chi connectivity index (χ3v) is 1.80. The SMILES string of the molecule is O=C(O)CC(O)C(=O)Nc1cc(F)cc(F)c1. The van der Waals surface area contributed by atoms with Crippen LogP contribution in [0.15, 0.2) is 18.2 Å². The van der Waals surface area contributed by atoms with E-state index in [0.29, 0.717) is 6.07 Å². The molecule has 7 heteroatoms. The highest BCUT2D eigenvalue weighted by Gasteiger charge is 2.18. The molecule has 0 radical (unpaired) electrons. The predicted octanol–water partition coefficient (Wildman–Crippen LogP) is 0.739. The standard InChI is InChI=1S/C10H9F2NO4/c11-5-1-6(12)3-7(2-5)13-10(17)8(14)4-9(15)16/h1-3,8,14H,4H2,(H,13,17)(H,15,16). The molecular formula is C10H9F2NO4. The van der Waals surface area contributed by atoms with Crippen molar-refractivity contribution in [3.8, 4) is 0 Å². The number of hydrogen-bond donors (Lipinski definition) is 3. The van der Waals surface area contributed by atoms with Crippen LogP contribution >= 0.6 is 0 Å². The Bertz CT molecular complexity index is 430. The molecule has 0 aromatic heterocycles. The van der Waals surface area contributed by atoms with Gasteiger partial charge in [0, 0.05) is 11.8 Å². The van der Waals surface area contributed by atoms with Crippen LogP contribution in [-0.4, -0.2) is 28.2 Å². The molecule has 0 aliphatic carbocycles. The molecule has 1 atom stereocenters. The number of aliphatic hydroxyl groups is 1. The molecule has 0 bridgehead atoms. The number of halogens is 2. The first-order chi connectivity index (χ1) is 7.88. The second-order valence-corrected chi connectivity index (χ2v) is 3.26. The van der Waals surface area contributed by atoms with Gasteiger partial charge in [-0.05, 0) is 12.1 Å². The summed E-state index contributed by atoms with van der Waals surface area (Å²) in [5.74, 6) is -4.20. The van der Waals surface area contributed by atoms with Crippen molar-refractivity contribution in [1.82, 2.24) is 0 Å². The number of rotatable bonds is 4. The lowest BCUT2D eigenvalue weighted by atomic mass is 10.2. The molecule has 0 aliphatic rings. The monoisotopic (exact) mass is 245 g/mol. The zero-order chi connectivity index (χ0) is 13.0. The van der Waals surface area contributed by atoms with Crippen molar-refractivity contribution < 1.29 is 28.6 Å². The van der Waals surface area contributed by atoms with Crippen molar-refractivity contribution >= 4 is 17.6 Å². The van der Waals surface area contributed by atoms with Crippen molar-refractivity contribution in [1.29, 1.82) is 0 Å². The van der Waals surface area contributed by atoms with Crippen LogP contribution in [0.1, 0.15) is 6.42 Å². The molecule has 92 valence electrons. The van der Waals surface area contributed by atoms with Gasteiger partial charge in [0.2, 0.25) is 0 Å². The van der Waals surface area contributed by atoms with E-state index in [-0.39, 0.29) is 5.69 Å². The molecular weight excluding hydrogens is 236 g/mol. The number of nitrogens with one attached hydrogen (secondary N) is 1. The van der Waals surface area contributed by atoms with E-state index in [1.807, 2.05) is 5.32 Å². The summed E-state index contributed by atoms with van der Waals surface area (Å²) in [5.41, 5.74) is -0.197. The number of carboxylic acids is 1. The normalized spacial score (nSPS) is 11.9. The predicted molar refractivity (Wildman–Crippen MR) is 53.2 cm³/mol. The lowest BCUT2D eigenvalue weighted by molar-refractivity contribution is -0.142. The highest BCUT2D eigenvalue weighted by molar-refractivity contribution is 5.95. The Labute approximate surface area is 94.7 Å². The van der Waals surface area contributed by atoms with Crippen LogP contribution in [-0.2, 0) is 9.59 Å². The zero-order valence-corrected chi connectivity index (χ0v) is 8.48. The van der Waals surface area contributed by atoms with Gasteiger partial charge in [-0.25, -0.2) is 8.78 Å². The highest BCUT2D eigenvalue weighted by Crippen LogP contribution is 2.13. The Morgan fingerprint density at radius 3 is 2.24 bits per heavy atom. The van der Waals surface area contributed by atoms with Crippen LogP contribution in [0.3, 0.4) is 0 Å². The summed E-state index contributed by atoms with van der Waals surface area (Å²) in [5, 5.41) is 19.4. The molecule has 0 heterocycles. The number of anilines is 1. The van der Waals surface area contributed by atoms with E-state index < -0.39 is 36.0 Å². The van der Waals surface area contributed by atoms with Crippen molar-refractivity contribution in [2.75, 3.05) is 5.32 Å². The maximum atomic E-state index is 12.7. The second-order valence-electron chi connectivity index (χ2n) is 3.26. The molecule has 0 spiro atoms. The molecule has 1 aromatic rings. The van der Waals surface area contributed by atoms with Crippen LogP contribution in [0, 0.1) is 11.6 Å². The average Bonchev–Trinajstić information content (AvgIpc) is 2.14. The number of carbonyl (C=O) groups is 2. The van der Waals surface area contributed by atoms with Crippen LogP contribution in [0.4, 0.5) is 14.5 Å². The second kappa shape index (κ2) is 5.35. The lowest BCUT2D eigenvalue weighted by Gasteiger charge is -2.09. The van der Waals surface area contributed by atoms with Crippen molar-refractivity contribution in [3.05, 3.63) is 29.8 Å². The van der Waals surface area contributed by atoms with E-state index in [4.69, 9.17) is 10.2 Å². The molecule has 3 N–H and O–H groups in total. The Kier molecular flexibility index (Phi) is 4.11. The molecule has 0 aliphatic heterocycles. The van der Waals surface area contributed by atoms with Gasteiger partial charge in [-0.3, -0.25) is 9.59 Å². The number of hydrogen-bond acceptors (Lipinski definition) is 3. The summed E-state index contributed by atoms with van der Waals surface area (Å²) < 4.78 is 25.5. The van der Waals surface area contributed by atoms with E-state index >= 15 is 0 Å². The molecule has 1 rings (SSSR count). The Morgan fingerprint density at radius 1 is 1.24 bits per heavy atom. The molecule has 1 unspecified atom stereocenters. The number of benzene rings is 1. The van der Waals surface area contributed by atoms with Crippen LogP contribution < -0.4 is 5.32 Å². The van der Waals surface area contributed by atoms with E-state index in [9.17, 15) is 18.4 Å². The molecule has 0 saturated carbocycles. The van der Waals surface area contributed by atoms with Gasteiger partial charge in [-0.15, -0.1) is 0 Å². The molecule has 1 amide bonds. The highest BCUT2D eigenvalue weighted by atomic mass is 19.1. The largest absolute Gasteiger partial charge is 0.481 e. The Balaban J connectivity index is 2.70. The quantitative estimate of drug-likeness (QED) is 0.730. The van der Waals surface area contributed by atoms with Crippen LogP contribution in [0.25, 0.3) is 0 Å². The van der Waals surface area contributed by atoms with Crippen molar-refractivity contribution in [2.24, 2.45) is 0 Å². The summed E-state index contributed by atoms with van der Waals surface area (Å²) in [6.07, 6.45) is -2.57. The molecule has 17 heavy (non-hydrogen) atoms. The first kappa shape index (κ1) is 13.0. The minimum atomic E-state index is -1.78. The maximum absolute atomic E-state index is 12.7. The van der Waals surface area contributed by atoms with Gasteiger partial charge in [0.1, 0.15) is 17.7 Å². The summed E-state index contributed by atoms with van der Waals surface area (Å²) in [7, 11) is 0. The molecule has 0 fully saturated rings. The van der Waals surface area contributed by atoms with Crippen LogP contribution in [0.2, 0.25) is 0 Å². The third kappa shape index (κ3) is 4.15. The Morgan fingerprint density at radius 2 is 1.76 bits per heavy atom. The summed E-state index contributed by atoms with van der Waals surface area (Å²) >= 11 is 0. The summed E-state index contributed by atoms with van der Waals surface area (Å²) in [6.45, 7) is 0. The maximum Gasteiger partial charge on any atom is 0.306 e. The number of aliphatic carboxylic acids is 1. The number of carboxylic acid groups (broad SMARTS) is 1. The lowest BCUT2D eigenvalue weighted by Crippen LogP contribution is -2.29. The van der Waals surface area contributed by atoms with Crippen molar-refractivity contribution in [3.63, 3.8) is 0 Å². The van der Waals surface area contributed by atoms with Gasteiger partial charge >= 0.3 is 5.97 Å². The summed E-state index contributed by atoms with van der Waals surface area (Å²) in [4.78, 5) is 21.4. The number of amides is 1. The summed E-state index contributed by atoms with van der Waals surface area (Å²) in [6, 6.07) is 2.30. The zero-order valence-electron chi connectivity index (χ0n) is 8.48. The number of aliphatic hydroxyl groups excluding tert-OH is 1. The van der Waals surface area contributed by atoms with Gasteiger partial charge < -0.3 is 15.5 Å². The van der Waals surface area contributed by atoms with Gasteiger partial charge in [-0.2, -0.15) is 0 Å². The van der Waals surface area contributed by atoms with Crippen molar-refractivity contribution in [2.45, 2.75) is 12.5 Å². The van der Waals surface area contributed by atoms with Gasteiger partial charge in [0.25, 0.3) is 5.91 Å². The smallest absolute Gasteiger partial charge is 0.306 e. The van der Waals surface area contributed by atoms with E-state index in [0.717, 1.165) is 12.1 Å². The third-order valence-electron chi connectivity index (χ3n) is 1.80. The van der Waals surface area contributed by atoms with Gasteiger partial charge in [0.15, 0.2) is 0 Å². The molecule has 5 nitrogen and oxygen atoms in total. The Hall–Kier alpha value is -2.02. The first-order valence-electron chi connectivity index (χ1n) is 4.55. The van der Waals surface area contributed by atoms with E-state index in [2.05, 4.69) is 0 Å². The fourth-order valence-electron chi connectivity index (χ4n) is 1.11. The number of carbonyl (C=O) groups excluding carboxylic acids is 1. The first-order valence-corrected chi connectivity index (χ1v) is 4.55. The van der Waals surface area contributed by atoms with Crippen LogP contribution in [0.5, 0.6) is 0 Å². The fourth-order valence-corrected chi connectivity index (χ4v) is 1.11.